The number of nitrogens with zero attached hydrogens (tertiary/aromatic N) is 4. The van der Waals surface area contributed by atoms with E-state index in [1.807, 2.05) is 33.9 Å². The summed E-state index contributed by atoms with van der Waals surface area (Å²) in [6.07, 6.45) is 7.18. The summed E-state index contributed by atoms with van der Waals surface area (Å²) in [5, 5.41) is 0.748. The van der Waals surface area contributed by atoms with Crippen LogP contribution in [0.5, 0.6) is 0 Å². The molecule has 7 heteroatoms. The highest BCUT2D eigenvalue weighted by atomic mass is 35.5. The highest BCUT2D eigenvalue weighted by Gasteiger charge is 2.22. The quantitative estimate of drug-likeness (QED) is 0.226. The number of anilines is 1. The maximum absolute atomic E-state index is 13.7. The van der Waals surface area contributed by atoms with Gasteiger partial charge in [0, 0.05) is 31.0 Å². The van der Waals surface area contributed by atoms with E-state index in [0.717, 1.165) is 34.7 Å². The van der Waals surface area contributed by atoms with Gasteiger partial charge in [-0.2, -0.15) is 0 Å². The van der Waals surface area contributed by atoms with Crippen LogP contribution in [0.1, 0.15) is 39.0 Å². The normalized spacial score (nSPS) is 10.8. The standard InChI is InChI=1S/C29H28N4OS.ClH/c1-21-17-22(2)27-26(18-21)31-29(35-27)33(15-6-14-32-16-13-30-20-32)28(34)25-11-9-24(10-12-25)19-23-7-4-3-5-8-23;/h3-5,7-13,16-18,20H,6,14-15,19H2,1-2H3;1H. The lowest BCUT2D eigenvalue weighted by Crippen LogP contribution is -2.32. The Bertz CT molecular complexity index is 1430. The van der Waals surface area contributed by atoms with Crippen LogP contribution in [0.25, 0.3) is 10.2 Å². The minimum Gasteiger partial charge on any atom is -0.337 e. The molecule has 0 unspecified atom stereocenters. The second-order valence-electron chi connectivity index (χ2n) is 8.90. The molecule has 0 fully saturated rings. The lowest BCUT2D eigenvalue weighted by Gasteiger charge is -2.20. The van der Waals surface area contributed by atoms with E-state index in [1.165, 1.54) is 22.3 Å². The number of fused-ring (bicyclic) bond motifs is 1. The van der Waals surface area contributed by atoms with Crippen LogP contribution in [0.3, 0.4) is 0 Å². The summed E-state index contributed by atoms with van der Waals surface area (Å²) in [6.45, 7) is 5.56. The first kappa shape index (κ1) is 25.6. The summed E-state index contributed by atoms with van der Waals surface area (Å²) >= 11 is 1.59. The zero-order valence-electron chi connectivity index (χ0n) is 20.4. The molecule has 3 aromatic carbocycles. The predicted molar refractivity (Wildman–Crippen MR) is 151 cm³/mol. The number of thiazole rings is 1. The molecule has 5 rings (SSSR count). The first-order valence-corrected chi connectivity index (χ1v) is 12.7. The fourth-order valence-corrected chi connectivity index (χ4v) is 5.39. The minimum absolute atomic E-state index is 0. The molecule has 0 saturated heterocycles. The van der Waals surface area contributed by atoms with Crippen LogP contribution >= 0.6 is 23.7 Å². The van der Waals surface area contributed by atoms with E-state index in [0.29, 0.717) is 12.1 Å². The first-order chi connectivity index (χ1) is 17.1. The molecule has 0 radical (unpaired) electrons. The molecule has 0 aliphatic heterocycles. The molecule has 2 heterocycles. The molecule has 0 atom stereocenters. The van der Waals surface area contributed by atoms with Crippen LogP contribution in [0.2, 0.25) is 0 Å². The van der Waals surface area contributed by atoms with Crippen molar-refractivity contribution < 1.29 is 4.79 Å². The summed E-state index contributed by atoms with van der Waals surface area (Å²) in [7, 11) is 0. The second kappa shape index (κ2) is 11.5. The molecule has 0 aliphatic carbocycles. The Morgan fingerprint density at radius 3 is 2.47 bits per heavy atom. The first-order valence-electron chi connectivity index (χ1n) is 11.8. The average Bonchev–Trinajstić information content (AvgIpc) is 3.53. The van der Waals surface area contributed by atoms with Gasteiger partial charge in [-0.3, -0.25) is 9.69 Å². The van der Waals surface area contributed by atoms with Crippen LogP contribution in [0.15, 0.2) is 85.5 Å². The molecule has 5 aromatic rings. The van der Waals surface area contributed by atoms with E-state index < -0.39 is 0 Å². The van der Waals surface area contributed by atoms with Crippen LogP contribution in [0.4, 0.5) is 5.13 Å². The van der Waals surface area contributed by atoms with Gasteiger partial charge < -0.3 is 4.57 Å². The molecule has 0 bridgehead atoms. The number of carbonyl (C=O) groups is 1. The van der Waals surface area contributed by atoms with Crippen molar-refractivity contribution in [2.24, 2.45) is 0 Å². The SMILES string of the molecule is Cc1cc(C)c2sc(N(CCCn3ccnc3)C(=O)c3ccc(Cc4ccccc4)cc3)nc2c1.Cl. The fourth-order valence-electron chi connectivity index (χ4n) is 4.35. The molecule has 184 valence electrons. The fraction of sp³-hybridized carbons (Fsp3) is 0.207. The van der Waals surface area contributed by atoms with Gasteiger partial charge in [-0.1, -0.05) is 59.9 Å². The van der Waals surface area contributed by atoms with Crippen LogP contribution in [0, 0.1) is 13.8 Å². The van der Waals surface area contributed by atoms with Crippen molar-refractivity contribution in [3.8, 4) is 0 Å². The Hall–Kier alpha value is -3.48. The third-order valence-electron chi connectivity index (χ3n) is 6.09. The second-order valence-corrected chi connectivity index (χ2v) is 9.87. The van der Waals surface area contributed by atoms with Gasteiger partial charge in [-0.25, -0.2) is 9.97 Å². The van der Waals surface area contributed by atoms with Crippen molar-refractivity contribution in [2.75, 3.05) is 11.4 Å². The molecular weight excluding hydrogens is 488 g/mol. The van der Waals surface area contributed by atoms with Crippen molar-refractivity contribution in [1.29, 1.82) is 0 Å². The van der Waals surface area contributed by atoms with Gasteiger partial charge in [0.15, 0.2) is 5.13 Å². The molecule has 36 heavy (non-hydrogen) atoms. The van der Waals surface area contributed by atoms with Crippen LogP contribution in [-0.4, -0.2) is 27.0 Å². The Morgan fingerprint density at radius 2 is 1.75 bits per heavy atom. The molecule has 1 amide bonds. The van der Waals surface area contributed by atoms with Gasteiger partial charge in [0.1, 0.15) is 0 Å². The Labute approximate surface area is 221 Å². The monoisotopic (exact) mass is 516 g/mol. The molecule has 5 nitrogen and oxygen atoms in total. The number of imidazole rings is 1. The molecular formula is C29H29ClN4OS. The maximum Gasteiger partial charge on any atom is 0.260 e. The summed E-state index contributed by atoms with van der Waals surface area (Å²) in [6, 6.07) is 22.6. The van der Waals surface area contributed by atoms with Gasteiger partial charge in [0.25, 0.3) is 5.91 Å². The van der Waals surface area contributed by atoms with Crippen LogP contribution < -0.4 is 4.90 Å². The average molecular weight is 517 g/mol. The zero-order valence-corrected chi connectivity index (χ0v) is 22.1. The van der Waals surface area contributed by atoms with Gasteiger partial charge in [0.05, 0.1) is 16.5 Å². The topological polar surface area (TPSA) is 51.0 Å². The Kier molecular flexibility index (Phi) is 8.18. The summed E-state index contributed by atoms with van der Waals surface area (Å²) in [5.41, 5.74) is 6.45. The van der Waals surface area contributed by atoms with Gasteiger partial charge in [-0.05, 0) is 67.1 Å². The number of carbonyl (C=O) groups excluding carboxylic acids is 1. The van der Waals surface area contributed by atoms with Crippen molar-refractivity contribution >= 4 is 45.0 Å². The van der Waals surface area contributed by atoms with Gasteiger partial charge >= 0.3 is 0 Å². The van der Waals surface area contributed by atoms with E-state index in [-0.39, 0.29) is 18.3 Å². The third kappa shape index (κ3) is 5.83. The number of benzene rings is 3. The summed E-state index contributed by atoms with van der Waals surface area (Å²) < 4.78 is 3.17. The Morgan fingerprint density at radius 1 is 1.00 bits per heavy atom. The number of amides is 1. The van der Waals surface area contributed by atoms with E-state index in [9.17, 15) is 4.79 Å². The van der Waals surface area contributed by atoms with E-state index in [4.69, 9.17) is 4.98 Å². The number of rotatable bonds is 8. The van der Waals surface area contributed by atoms with E-state index >= 15 is 0 Å². The van der Waals surface area contributed by atoms with E-state index in [1.54, 1.807) is 23.9 Å². The van der Waals surface area contributed by atoms with Gasteiger partial charge in [0.2, 0.25) is 0 Å². The van der Waals surface area contributed by atoms with Crippen molar-refractivity contribution in [2.45, 2.75) is 33.2 Å². The van der Waals surface area contributed by atoms with Crippen molar-refractivity contribution in [3.05, 3.63) is 113 Å². The molecule has 0 aliphatic rings. The van der Waals surface area contributed by atoms with Crippen molar-refractivity contribution in [3.63, 3.8) is 0 Å². The number of hydrogen-bond donors (Lipinski definition) is 0. The minimum atomic E-state index is -0.0182. The van der Waals surface area contributed by atoms with E-state index in [2.05, 4.69) is 67.4 Å². The lowest BCUT2D eigenvalue weighted by molar-refractivity contribution is 0.0986. The molecule has 0 N–H and O–H groups in total. The smallest absolute Gasteiger partial charge is 0.260 e. The highest BCUT2D eigenvalue weighted by molar-refractivity contribution is 7.22. The Balaban J connectivity index is 0.00000304. The van der Waals surface area contributed by atoms with Gasteiger partial charge in [-0.15, -0.1) is 12.4 Å². The number of aryl methyl sites for hydroxylation is 3. The summed E-state index contributed by atoms with van der Waals surface area (Å²) in [4.78, 5) is 24.5. The summed E-state index contributed by atoms with van der Waals surface area (Å²) in [5.74, 6) is -0.0182. The lowest BCUT2D eigenvalue weighted by atomic mass is 10.0. The molecule has 0 saturated carbocycles. The van der Waals surface area contributed by atoms with Crippen molar-refractivity contribution in [1.82, 2.24) is 14.5 Å². The molecule has 2 aromatic heterocycles. The zero-order chi connectivity index (χ0) is 24.2. The van der Waals surface area contributed by atoms with Crippen LogP contribution in [-0.2, 0) is 13.0 Å². The largest absolute Gasteiger partial charge is 0.337 e. The predicted octanol–water partition coefficient (Wildman–Crippen LogP) is 6.86. The maximum atomic E-state index is 13.7. The number of halogens is 1. The highest BCUT2D eigenvalue weighted by Crippen LogP contribution is 2.33. The number of aromatic nitrogens is 3. The number of hydrogen-bond acceptors (Lipinski definition) is 4. The molecule has 0 spiro atoms. The third-order valence-corrected chi connectivity index (χ3v) is 7.32.